The zero-order chi connectivity index (χ0) is 13.3. The molecule has 2 rings (SSSR count). The molecule has 0 spiro atoms. The van der Waals surface area contributed by atoms with Crippen LogP contribution in [0.4, 0.5) is 0 Å². The van der Waals surface area contributed by atoms with Gasteiger partial charge in [-0.15, -0.1) is 0 Å². The second-order valence-electron chi connectivity index (χ2n) is 5.23. The molecule has 3 heteroatoms. The molecular formula is C15H20N2O. The summed E-state index contributed by atoms with van der Waals surface area (Å²) in [7, 11) is 0. The van der Waals surface area contributed by atoms with E-state index in [1.807, 2.05) is 23.7 Å². The van der Waals surface area contributed by atoms with Gasteiger partial charge in [-0.25, -0.2) is 0 Å². The minimum absolute atomic E-state index is 0.00824. The lowest BCUT2D eigenvalue weighted by Gasteiger charge is -2.13. The molecule has 2 aromatic rings. The molecule has 1 N–H and O–H groups in total. The van der Waals surface area contributed by atoms with E-state index < -0.39 is 0 Å². The van der Waals surface area contributed by atoms with Gasteiger partial charge in [-0.2, -0.15) is 0 Å². The van der Waals surface area contributed by atoms with Gasteiger partial charge in [0.1, 0.15) is 0 Å². The van der Waals surface area contributed by atoms with Crippen molar-refractivity contribution in [2.24, 2.45) is 5.92 Å². The number of nitrogens with zero attached hydrogens (tertiary/aromatic N) is 1. The van der Waals surface area contributed by atoms with Gasteiger partial charge in [0.05, 0.1) is 5.69 Å². The van der Waals surface area contributed by atoms with Gasteiger partial charge in [0.25, 0.3) is 5.56 Å². The zero-order valence-corrected chi connectivity index (χ0v) is 11.4. The number of aromatic amines is 1. The number of H-pyrrole nitrogens is 1. The molecule has 0 saturated heterocycles. The Balaban J connectivity index is 2.63. The molecule has 1 aromatic heterocycles. The lowest BCUT2D eigenvalue weighted by molar-refractivity contribution is 0.484. The van der Waals surface area contributed by atoms with Crippen molar-refractivity contribution >= 4 is 0 Å². The summed E-state index contributed by atoms with van der Waals surface area (Å²) in [5, 5.41) is 2.93. The third kappa shape index (κ3) is 2.26. The number of nitrogens with one attached hydrogen (secondary N) is 1. The molecule has 3 nitrogen and oxygen atoms in total. The Labute approximate surface area is 107 Å². The summed E-state index contributed by atoms with van der Waals surface area (Å²) < 4.78 is 1.98. The second-order valence-corrected chi connectivity index (χ2v) is 5.23. The van der Waals surface area contributed by atoms with Crippen molar-refractivity contribution in [3.05, 3.63) is 45.7 Å². The van der Waals surface area contributed by atoms with Crippen LogP contribution in [0.1, 0.15) is 25.0 Å². The van der Waals surface area contributed by atoms with Crippen LogP contribution in [-0.2, 0) is 6.54 Å². The molecule has 0 atom stereocenters. The van der Waals surface area contributed by atoms with Crippen LogP contribution in [0, 0.1) is 19.8 Å². The summed E-state index contributed by atoms with van der Waals surface area (Å²) >= 11 is 0. The molecule has 0 aliphatic carbocycles. The topological polar surface area (TPSA) is 37.8 Å². The van der Waals surface area contributed by atoms with Crippen LogP contribution in [0.25, 0.3) is 11.3 Å². The molecule has 0 radical (unpaired) electrons. The molecule has 0 unspecified atom stereocenters. The minimum Gasteiger partial charge on any atom is -0.284 e. The fourth-order valence-corrected chi connectivity index (χ4v) is 2.26. The van der Waals surface area contributed by atoms with Crippen molar-refractivity contribution in [2.75, 3.05) is 0 Å². The van der Waals surface area contributed by atoms with Gasteiger partial charge in [-0.3, -0.25) is 14.6 Å². The van der Waals surface area contributed by atoms with Crippen LogP contribution in [-0.4, -0.2) is 9.78 Å². The first-order chi connectivity index (χ1) is 8.50. The molecule has 0 aliphatic rings. The van der Waals surface area contributed by atoms with E-state index in [2.05, 4.69) is 38.0 Å². The number of aromatic nitrogens is 2. The highest BCUT2D eigenvalue weighted by Gasteiger charge is 2.15. The van der Waals surface area contributed by atoms with Crippen molar-refractivity contribution in [3.63, 3.8) is 0 Å². The highest BCUT2D eigenvalue weighted by molar-refractivity contribution is 5.66. The highest BCUT2D eigenvalue weighted by Crippen LogP contribution is 2.25. The maximum Gasteiger partial charge on any atom is 0.267 e. The number of hydrogen-bond acceptors (Lipinski definition) is 1. The zero-order valence-electron chi connectivity index (χ0n) is 11.4. The van der Waals surface area contributed by atoms with Gasteiger partial charge >= 0.3 is 0 Å². The van der Waals surface area contributed by atoms with Crippen LogP contribution in [0.3, 0.4) is 0 Å². The number of aryl methyl sites for hydroxylation is 1. The quantitative estimate of drug-likeness (QED) is 0.885. The van der Waals surface area contributed by atoms with Crippen LogP contribution in [0.15, 0.2) is 29.1 Å². The summed E-state index contributed by atoms with van der Waals surface area (Å²) in [5.41, 5.74) is 4.15. The Kier molecular flexibility index (Phi) is 3.41. The van der Waals surface area contributed by atoms with Crippen LogP contribution < -0.4 is 5.56 Å². The summed E-state index contributed by atoms with van der Waals surface area (Å²) in [4.78, 5) is 11.9. The first kappa shape index (κ1) is 12.7. The van der Waals surface area contributed by atoms with Gasteiger partial charge in [0.15, 0.2) is 0 Å². The highest BCUT2D eigenvalue weighted by atomic mass is 16.1. The lowest BCUT2D eigenvalue weighted by Crippen LogP contribution is -2.10. The predicted molar refractivity (Wildman–Crippen MR) is 74.8 cm³/mol. The SMILES string of the molecule is Cc1ccccc1-c1c(C)c(=O)[nH]n1CC(C)C. The van der Waals surface area contributed by atoms with E-state index >= 15 is 0 Å². The molecule has 1 aromatic carbocycles. The molecule has 0 fully saturated rings. The molecule has 0 amide bonds. The maximum atomic E-state index is 11.9. The normalized spacial score (nSPS) is 11.2. The Morgan fingerprint density at radius 1 is 1.22 bits per heavy atom. The van der Waals surface area contributed by atoms with E-state index in [0.29, 0.717) is 5.92 Å². The van der Waals surface area contributed by atoms with Crippen LogP contribution >= 0.6 is 0 Å². The number of hydrogen-bond donors (Lipinski definition) is 1. The second kappa shape index (κ2) is 4.84. The van der Waals surface area contributed by atoms with E-state index in [4.69, 9.17) is 0 Å². The molecule has 1 heterocycles. The van der Waals surface area contributed by atoms with Crippen molar-refractivity contribution in [1.29, 1.82) is 0 Å². The van der Waals surface area contributed by atoms with E-state index in [0.717, 1.165) is 23.4 Å². The number of rotatable bonds is 3. The molecule has 0 bridgehead atoms. The smallest absolute Gasteiger partial charge is 0.267 e. The van der Waals surface area contributed by atoms with E-state index in [1.165, 1.54) is 5.56 Å². The van der Waals surface area contributed by atoms with Gasteiger partial charge in [0, 0.05) is 17.7 Å². The molecule has 18 heavy (non-hydrogen) atoms. The standard InChI is InChI=1S/C15H20N2O/c1-10(2)9-17-14(12(4)15(18)16-17)13-8-6-5-7-11(13)3/h5-8,10H,9H2,1-4H3,(H,16,18). The fraction of sp³-hybridized carbons (Fsp3) is 0.400. The summed E-state index contributed by atoms with van der Waals surface area (Å²) in [6.45, 7) is 9.08. The maximum absolute atomic E-state index is 11.9. The van der Waals surface area contributed by atoms with Crippen LogP contribution in [0.5, 0.6) is 0 Å². The first-order valence-electron chi connectivity index (χ1n) is 6.36. The van der Waals surface area contributed by atoms with Crippen molar-refractivity contribution in [3.8, 4) is 11.3 Å². The molecule has 0 aliphatic heterocycles. The summed E-state index contributed by atoms with van der Waals surface area (Å²) in [5.74, 6) is 0.496. The average molecular weight is 244 g/mol. The van der Waals surface area contributed by atoms with Gasteiger partial charge in [0.2, 0.25) is 0 Å². The Morgan fingerprint density at radius 2 is 1.89 bits per heavy atom. The largest absolute Gasteiger partial charge is 0.284 e. The van der Waals surface area contributed by atoms with Gasteiger partial charge in [-0.05, 0) is 25.3 Å². The van der Waals surface area contributed by atoms with E-state index in [1.54, 1.807) is 0 Å². The minimum atomic E-state index is 0.00824. The van der Waals surface area contributed by atoms with Crippen molar-refractivity contribution in [2.45, 2.75) is 34.2 Å². The van der Waals surface area contributed by atoms with Gasteiger partial charge in [-0.1, -0.05) is 38.1 Å². The predicted octanol–water partition coefficient (Wildman–Crippen LogP) is 3.12. The third-order valence-electron chi connectivity index (χ3n) is 3.15. The Morgan fingerprint density at radius 3 is 2.50 bits per heavy atom. The Hall–Kier alpha value is -1.77. The molecule has 96 valence electrons. The molecule has 0 saturated carbocycles. The van der Waals surface area contributed by atoms with Crippen molar-refractivity contribution < 1.29 is 0 Å². The van der Waals surface area contributed by atoms with Crippen LogP contribution in [0.2, 0.25) is 0 Å². The number of benzene rings is 1. The average Bonchev–Trinajstić information content (AvgIpc) is 2.55. The summed E-state index contributed by atoms with van der Waals surface area (Å²) in [6.07, 6.45) is 0. The Bertz CT molecular complexity index is 605. The van der Waals surface area contributed by atoms with E-state index in [-0.39, 0.29) is 5.56 Å². The monoisotopic (exact) mass is 244 g/mol. The first-order valence-corrected chi connectivity index (χ1v) is 6.36. The van der Waals surface area contributed by atoms with Gasteiger partial charge < -0.3 is 0 Å². The van der Waals surface area contributed by atoms with Crippen molar-refractivity contribution in [1.82, 2.24) is 9.78 Å². The van der Waals surface area contributed by atoms with E-state index in [9.17, 15) is 4.79 Å². The molecular weight excluding hydrogens is 224 g/mol. The lowest BCUT2D eigenvalue weighted by atomic mass is 10.0. The third-order valence-corrected chi connectivity index (χ3v) is 3.15. The fourth-order valence-electron chi connectivity index (χ4n) is 2.26. The summed E-state index contributed by atoms with van der Waals surface area (Å²) in [6, 6.07) is 8.18.